The number of aromatic nitrogens is 3. The van der Waals surface area contributed by atoms with E-state index in [9.17, 15) is 14.7 Å². The Bertz CT molecular complexity index is 1720. The summed E-state index contributed by atoms with van der Waals surface area (Å²) in [5.41, 5.74) is 4.54. The first-order valence-corrected chi connectivity index (χ1v) is 14.5. The Labute approximate surface area is 250 Å². The fraction of sp³-hybridized carbons (Fsp3) is 0.394. The molecule has 0 fully saturated rings. The number of ether oxygens (including phenoxy) is 2. The number of rotatable bonds is 8. The summed E-state index contributed by atoms with van der Waals surface area (Å²) in [6.07, 6.45) is 0.737. The molecule has 9 nitrogen and oxygen atoms in total. The molecule has 4 aromatic rings. The van der Waals surface area contributed by atoms with E-state index in [4.69, 9.17) is 9.47 Å². The highest BCUT2D eigenvalue weighted by molar-refractivity contribution is 5.93. The lowest BCUT2D eigenvalue weighted by atomic mass is 9.91. The van der Waals surface area contributed by atoms with Crippen molar-refractivity contribution in [2.45, 2.75) is 79.1 Å². The number of amides is 1. The third-order valence-electron chi connectivity index (χ3n) is 7.65. The summed E-state index contributed by atoms with van der Waals surface area (Å²) < 4.78 is 28.7. The molecule has 0 radical (unpaired) electrons. The maximum absolute atomic E-state index is 15.5. The molecule has 2 N–H and O–H groups in total. The highest BCUT2D eigenvalue weighted by Crippen LogP contribution is 2.41. The third-order valence-corrected chi connectivity index (χ3v) is 7.65. The lowest BCUT2D eigenvalue weighted by Gasteiger charge is -2.28. The van der Waals surface area contributed by atoms with Crippen LogP contribution in [-0.4, -0.2) is 43.8 Å². The zero-order valence-corrected chi connectivity index (χ0v) is 25.4. The number of hydrogen-bond donors (Lipinski definition) is 2. The van der Waals surface area contributed by atoms with Gasteiger partial charge in [0.05, 0.1) is 17.9 Å². The largest absolute Gasteiger partial charge is 0.490 e. The Morgan fingerprint density at radius 1 is 1.19 bits per heavy atom. The van der Waals surface area contributed by atoms with Crippen molar-refractivity contribution >= 4 is 17.5 Å². The van der Waals surface area contributed by atoms with Crippen molar-refractivity contribution in [1.82, 2.24) is 19.9 Å². The number of nitrogens with zero attached hydrogens (tertiary/aromatic N) is 3. The molecular formula is C33H37FN4O5. The van der Waals surface area contributed by atoms with E-state index in [2.05, 4.69) is 22.3 Å². The van der Waals surface area contributed by atoms with Gasteiger partial charge in [0.1, 0.15) is 0 Å². The minimum atomic E-state index is -1.44. The van der Waals surface area contributed by atoms with Crippen LogP contribution in [0, 0.1) is 19.7 Å². The second-order valence-corrected chi connectivity index (χ2v) is 11.8. The lowest BCUT2D eigenvalue weighted by molar-refractivity contribution is -0.160. The van der Waals surface area contributed by atoms with Crippen LogP contribution < -0.4 is 10.1 Å². The molecule has 226 valence electrons. The molecule has 1 amide bonds. The molecule has 1 aliphatic rings. The predicted molar refractivity (Wildman–Crippen MR) is 160 cm³/mol. The Hall–Kier alpha value is -4.31. The Balaban J connectivity index is 1.70. The molecule has 0 spiro atoms. The van der Waals surface area contributed by atoms with Gasteiger partial charge in [-0.1, -0.05) is 31.2 Å². The normalized spacial score (nSPS) is 13.8. The van der Waals surface area contributed by atoms with Gasteiger partial charge < -0.3 is 19.9 Å². The molecule has 0 saturated carbocycles. The molecule has 0 unspecified atom stereocenters. The minimum Gasteiger partial charge on any atom is -0.490 e. The van der Waals surface area contributed by atoms with E-state index < -0.39 is 29.4 Å². The van der Waals surface area contributed by atoms with Gasteiger partial charge in [0.25, 0.3) is 5.91 Å². The summed E-state index contributed by atoms with van der Waals surface area (Å²) in [5, 5.41) is 17.9. The number of carbonyl (C=O) groups is 2. The number of carbonyl (C=O) groups excluding carboxylic acids is 1. The molecule has 0 bridgehead atoms. The van der Waals surface area contributed by atoms with Crippen LogP contribution in [0.25, 0.3) is 16.9 Å². The van der Waals surface area contributed by atoms with Crippen LogP contribution in [0.1, 0.15) is 84.2 Å². The van der Waals surface area contributed by atoms with Gasteiger partial charge in [-0.2, -0.15) is 5.10 Å². The first-order valence-electron chi connectivity index (χ1n) is 14.5. The van der Waals surface area contributed by atoms with Crippen molar-refractivity contribution in [2.75, 3.05) is 6.61 Å². The van der Waals surface area contributed by atoms with Crippen LogP contribution in [0.2, 0.25) is 0 Å². The number of carboxylic acids is 1. The van der Waals surface area contributed by atoms with E-state index >= 15 is 4.39 Å². The number of carboxylic acid groups (broad SMARTS) is 1. The smallest absolute Gasteiger partial charge is 0.337 e. The van der Waals surface area contributed by atoms with Crippen molar-refractivity contribution < 1.29 is 28.6 Å². The number of aryl methyl sites for hydroxylation is 2. The molecule has 2 aromatic heterocycles. The molecule has 3 heterocycles. The number of aliphatic carboxylic acids is 1. The fourth-order valence-corrected chi connectivity index (χ4v) is 5.65. The average Bonchev–Trinajstić information content (AvgIpc) is 3.39. The Morgan fingerprint density at radius 2 is 1.91 bits per heavy atom. The van der Waals surface area contributed by atoms with Crippen LogP contribution in [-0.2, 0) is 28.9 Å². The standard InChI is InChI=1S/C33H37FN4O5/c1-7-20-11-8-9-12-21(20)17-35-31(39)25-16-26-36-19(3)27(30(32(40)41)43-33(4,5)6)28(38(26)37-25)23-15-24(34)29-22(18(23)2)13-10-14-42-29/h8-9,11-12,15-16,30H,7,10,13-14,17H2,1-6H3,(H,35,39)(H,40,41)/t30-/m0/s1. The fourth-order valence-electron chi connectivity index (χ4n) is 5.65. The van der Waals surface area contributed by atoms with Crippen LogP contribution in [0.4, 0.5) is 4.39 Å². The number of benzene rings is 2. The zero-order chi connectivity index (χ0) is 31.1. The van der Waals surface area contributed by atoms with Crippen molar-refractivity contribution in [3.8, 4) is 17.0 Å². The van der Waals surface area contributed by atoms with Crippen molar-refractivity contribution in [3.05, 3.63) is 81.4 Å². The summed E-state index contributed by atoms with van der Waals surface area (Å²) in [7, 11) is 0. The van der Waals surface area contributed by atoms with E-state index in [0.717, 1.165) is 35.1 Å². The van der Waals surface area contributed by atoms with Gasteiger partial charge in [-0.05, 0) is 76.6 Å². The first-order chi connectivity index (χ1) is 20.4. The summed E-state index contributed by atoms with van der Waals surface area (Å²) in [5.74, 6) is -1.97. The summed E-state index contributed by atoms with van der Waals surface area (Å²) in [6.45, 7) is 11.6. The maximum atomic E-state index is 15.5. The molecule has 2 aromatic carbocycles. The Kier molecular flexibility index (Phi) is 8.25. The summed E-state index contributed by atoms with van der Waals surface area (Å²) in [4.78, 5) is 30.7. The van der Waals surface area contributed by atoms with E-state index in [1.165, 1.54) is 10.6 Å². The topological polar surface area (TPSA) is 115 Å². The van der Waals surface area contributed by atoms with E-state index in [1.807, 2.05) is 31.2 Å². The number of hydrogen-bond acceptors (Lipinski definition) is 6. The van der Waals surface area contributed by atoms with Crippen molar-refractivity contribution in [1.29, 1.82) is 0 Å². The quantitative estimate of drug-likeness (QED) is 0.263. The molecule has 5 rings (SSSR count). The highest BCUT2D eigenvalue weighted by Gasteiger charge is 2.35. The van der Waals surface area contributed by atoms with Gasteiger partial charge in [-0.15, -0.1) is 0 Å². The number of nitrogens with one attached hydrogen (secondary N) is 1. The molecule has 10 heteroatoms. The van der Waals surface area contributed by atoms with Crippen molar-refractivity contribution in [2.24, 2.45) is 0 Å². The Morgan fingerprint density at radius 3 is 2.58 bits per heavy atom. The maximum Gasteiger partial charge on any atom is 0.337 e. The van der Waals surface area contributed by atoms with Gasteiger partial charge in [0.2, 0.25) is 0 Å². The highest BCUT2D eigenvalue weighted by atomic mass is 19.1. The average molecular weight is 589 g/mol. The molecule has 1 aliphatic heterocycles. The molecule has 0 saturated heterocycles. The molecular weight excluding hydrogens is 551 g/mol. The number of fused-ring (bicyclic) bond motifs is 2. The van der Waals surface area contributed by atoms with Gasteiger partial charge in [0.15, 0.2) is 29.0 Å². The summed E-state index contributed by atoms with van der Waals surface area (Å²) >= 11 is 0. The van der Waals surface area contributed by atoms with Gasteiger partial charge in [-0.3, -0.25) is 4.79 Å². The number of halogens is 1. The monoisotopic (exact) mass is 588 g/mol. The second-order valence-electron chi connectivity index (χ2n) is 11.8. The lowest BCUT2D eigenvalue weighted by Crippen LogP contribution is -2.29. The van der Waals surface area contributed by atoms with Crippen LogP contribution in [0.5, 0.6) is 5.75 Å². The van der Waals surface area contributed by atoms with Crippen LogP contribution >= 0.6 is 0 Å². The first kappa shape index (κ1) is 30.2. The zero-order valence-electron chi connectivity index (χ0n) is 25.4. The van der Waals surface area contributed by atoms with E-state index in [0.29, 0.717) is 42.2 Å². The SMILES string of the molecule is CCc1ccccc1CNC(=O)c1cc2nc(C)c([C@H](OC(C)(C)C)C(=O)O)c(-c3cc(F)c4c(c3C)CCCO4)n2n1. The van der Waals surface area contributed by atoms with Gasteiger partial charge in [0, 0.05) is 35.0 Å². The summed E-state index contributed by atoms with van der Waals surface area (Å²) in [6, 6.07) is 10.8. The molecule has 0 aliphatic carbocycles. The molecule has 1 atom stereocenters. The molecule has 43 heavy (non-hydrogen) atoms. The van der Waals surface area contributed by atoms with Crippen LogP contribution in [0.3, 0.4) is 0 Å². The van der Waals surface area contributed by atoms with Gasteiger partial charge >= 0.3 is 5.97 Å². The second kappa shape index (κ2) is 11.8. The minimum absolute atomic E-state index is 0.0994. The third kappa shape index (κ3) is 5.97. The predicted octanol–water partition coefficient (Wildman–Crippen LogP) is 5.91. The van der Waals surface area contributed by atoms with E-state index in [1.54, 1.807) is 33.8 Å². The van der Waals surface area contributed by atoms with Crippen molar-refractivity contribution in [3.63, 3.8) is 0 Å². The van der Waals surface area contributed by atoms with E-state index in [-0.39, 0.29) is 17.0 Å². The van der Waals surface area contributed by atoms with Gasteiger partial charge in [-0.25, -0.2) is 18.7 Å². The van der Waals surface area contributed by atoms with Crippen LogP contribution in [0.15, 0.2) is 36.4 Å².